The normalized spacial score (nSPS) is 15.8. The van der Waals surface area contributed by atoms with E-state index < -0.39 is 11.5 Å². The van der Waals surface area contributed by atoms with E-state index in [-0.39, 0.29) is 13.2 Å². The van der Waals surface area contributed by atoms with E-state index in [2.05, 4.69) is 4.98 Å². The summed E-state index contributed by atoms with van der Waals surface area (Å²) in [6.07, 6.45) is 3.48. The fourth-order valence-electron chi connectivity index (χ4n) is 3.10. The minimum Gasteiger partial charge on any atom is -0.496 e. The lowest BCUT2D eigenvalue weighted by molar-refractivity contribution is -0.184. The first-order chi connectivity index (χ1) is 12.0. The fraction of sp³-hybridized carbons (Fsp3) is 0.222. The molecule has 2 aromatic heterocycles. The molecule has 0 radical (unpaired) electrons. The van der Waals surface area contributed by atoms with E-state index in [1.807, 2.05) is 22.7 Å². The van der Waals surface area contributed by atoms with Crippen LogP contribution in [0.4, 0.5) is 0 Å². The molecule has 0 atom stereocenters. The van der Waals surface area contributed by atoms with Crippen LogP contribution in [-0.2, 0) is 10.3 Å². The van der Waals surface area contributed by atoms with Crippen molar-refractivity contribution in [2.45, 2.75) is 5.60 Å². The number of benzene rings is 1. The molecule has 0 unspecified atom stereocenters. The van der Waals surface area contributed by atoms with E-state index in [0.717, 1.165) is 5.56 Å². The quantitative estimate of drug-likeness (QED) is 0.747. The molecule has 1 fully saturated rings. The van der Waals surface area contributed by atoms with Gasteiger partial charge in [-0.1, -0.05) is 12.1 Å². The van der Waals surface area contributed by atoms with Crippen molar-refractivity contribution in [1.29, 1.82) is 0 Å². The molecule has 7 nitrogen and oxygen atoms in total. The second-order valence-electron chi connectivity index (χ2n) is 6.06. The van der Waals surface area contributed by atoms with Gasteiger partial charge in [-0.3, -0.25) is 9.20 Å². The predicted octanol–water partition coefficient (Wildman–Crippen LogP) is 1.33. The molecule has 3 heterocycles. The number of ether oxygens (including phenoxy) is 2. The van der Waals surface area contributed by atoms with E-state index >= 15 is 0 Å². The summed E-state index contributed by atoms with van der Waals surface area (Å²) in [5, 5.41) is 10.4. The zero-order valence-electron chi connectivity index (χ0n) is 13.6. The Balaban J connectivity index is 1.87. The van der Waals surface area contributed by atoms with Crippen LogP contribution in [-0.4, -0.2) is 40.7 Å². The molecule has 3 N–H and O–H groups in total. The zero-order chi connectivity index (χ0) is 17.6. The zero-order valence-corrected chi connectivity index (χ0v) is 13.6. The summed E-state index contributed by atoms with van der Waals surface area (Å²) in [6, 6.07) is 8.92. The number of nitrogens with zero attached hydrogens (tertiary/aromatic N) is 2. The van der Waals surface area contributed by atoms with Gasteiger partial charge in [-0.15, -0.1) is 0 Å². The Hall–Kier alpha value is -2.90. The number of hydrogen-bond acceptors (Lipinski definition) is 5. The molecule has 1 aliphatic heterocycles. The standard InChI is InChI=1S/C18H17N3O4/c1-24-14-4-2-3-12(16(14)17(19)22)13-8-20-15-7-11(5-6-21(13)15)18(23)9-25-10-18/h2-8,23H,9-10H2,1H3,(H2,19,22). The highest BCUT2D eigenvalue weighted by Crippen LogP contribution is 2.33. The van der Waals surface area contributed by atoms with Gasteiger partial charge in [0.2, 0.25) is 0 Å². The van der Waals surface area contributed by atoms with E-state index in [1.54, 1.807) is 24.4 Å². The summed E-state index contributed by atoms with van der Waals surface area (Å²) >= 11 is 0. The van der Waals surface area contributed by atoms with Gasteiger partial charge in [0.25, 0.3) is 5.91 Å². The van der Waals surface area contributed by atoms with Crippen LogP contribution < -0.4 is 10.5 Å². The Kier molecular flexibility index (Phi) is 3.48. The number of amides is 1. The number of imidazole rings is 1. The lowest BCUT2D eigenvalue weighted by atomic mass is 9.93. The van der Waals surface area contributed by atoms with Crippen LogP contribution in [0.25, 0.3) is 16.9 Å². The summed E-state index contributed by atoms with van der Waals surface area (Å²) in [5.41, 5.74) is 7.67. The lowest BCUT2D eigenvalue weighted by Crippen LogP contribution is -2.46. The third-order valence-electron chi connectivity index (χ3n) is 4.50. The maximum Gasteiger partial charge on any atom is 0.253 e. The Morgan fingerprint density at radius 1 is 1.40 bits per heavy atom. The van der Waals surface area contributed by atoms with Crippen LogP contribution >= 0.6 is 0 Å². The summed E-state index contributed by atoms with van der Waals surface area (Å²) < 4.78 is 12.2. The lowest BCUT2D eigenvalue weighted by Gasteiger charge is -2.36. The third kappa shape index (κ3) is 2.36. The number of hydrogen-bond donors (Lipinski definition) is 2. The number of fused-ring (bicyclic) bond motifs is 1. The summed E-state index contributed by atoms with van der Waals surface area (Å²) in [4.78, 5) is 16.3. The average molecular weight is 339 g/mol. The fourth-order valence-corrected chi connectivity index (χ4v) is 3.10. The molecule has 3 aromatic rings. The second kappa shape index (κ2) is 5.58. The Bertz CT molecular complexity index is 976. The molecule has 1 aliphatic rings. The second-order valence-corrected chi connectivity index (χ2v) is 6.06. The molecule has 0 spiro atoms. The monoisotopic (exact) mass is 339 g/mol. The molecule has 7 heteroatoms. The van der Waals surface area contributed by atoms with Crippen molar-refractivity contribution in [3.8, 4) is 17.0 Å². The largest absolute Gasteiger partial charge is 0.496 e. The molecule has 1 saturated heterocycles. The van der Waals surface area contributed by atoms with Gasteiger partial charge in [0.1, 0.15) is 17.0 Å². The number of primary amides is 1. The van der Waals surface area contributed by atoms with Crippen LogP contribution in [0.3, 0.4) is 0 Å². The Labute approximate surface area is 143 Å². The first-order valence-electron chi connectivity index (χ1n) is 7.78. The van der Waals surface area contributed by atoms with Gasteiger partial charge < -0.3 is 20.3 Å². The number of aromatic nitrogens is 2. The summed E-state index contributed by atoms with van der Waals surface area (Å²) in [6.45, 7) is 0.552. The van der Waals surface area contributed by atoms with Gasteiger partial charge in [-0.25, -0.2) is 4.98 Å². The Morgan fingerprint density at radius 3 is 2.84 bits per heavy atom. The molecule has 1 amide bonds. The Morgan fingerprint density at radius 2 is 2.20 bits per heavy atom. The first kappa shape index (κ1) is 15.6. The number of aliphatic hydroxyl groups is 1. The molecule has 128 valence electrons. The molecule has 1 aromatic carbocycles. The molecule has 0 aliphatic carbocycles. The van der Waals surface area contributed by atoms with Gasteiger partial charge in [0, 0.05) is 11.8 Å². The number of methoxy groups -OCH3 is 1. The van der Waals surface area contributed by atoms with Gasteiger partial charge in [-0.2, -0.15) is 0 Å². The molecule has 0 bridgehead atoms. The summed E-state index contributed by atoms with van der Waals surface area (Å²) in [5.74, 6) is -0.155. The predicted molar refractivity (Wildman–Crippen MR) is 90.4 cm³/mol. The van der Waals surface area contributed by atoms with E-state index in [4.69, 9.17) is 15.2 Å². The van der Waals surface area contributed by atoms with Crippen molar-refractivity contribution in [3.05, 3.63) is 53.9 Å². The molecule has 0 saturated carbocycles. The maximum atomic E-state index is 11.9. The maximum absolute atomic E-state index is 11.9. The van der Waals surface area contributed by atoms with Gasteiger partial charge in [-0.05, 0) is 23.8 Å². The number of carbonyl (C=O) groups excluding carboxylic acids is 1. The summed E-state index contributed by atoms with van der Waals surface area (Å²) in [7, 11) is 1.49. The van der Waals surface area contributed by atoms with Gasteiger partial charge in [0.15, 0.2) is 0 Å². The smallest absolute Gasteiger partial charge is 0.253 e. The molecule has 4 rings (SSSR count). The first-order valence-corrected chi connectivity index (χ1v) is 7.78. The number of rotatable bonds is 4. The van der Waals surface area contributed by atoms with Crippen molar-refractivity contribution in [1.82, 2.24) is 9.38 Å². The minimum absolute atomic E-state index is 0.276. The van der Waals surface area contributed by atoms with Gasteiger partial charge in [0.05, 0.1) is 37.8 Å². The highest BCUT2D eigenvalue weighted by Gasteiger charge is 2.38. The highest BCUT2D eigenvalue weighted by atomic mass is 16.5. The molecular formula is C18H17N3O4. The van der Waals surface area contributed by atoms with Gasteiger partial charge >= 0.3 is 0 Å². The van der Waals surface area contributed by atoms with Crippen LogP contribution in [0.1, 0.15) is 15.9 Å². The topological polar surface area (TPSA) is 99.1 Å². The number of nitrogens with two attached hydrogens (primary N) is 1. The van der Waals surface area contributed by atoms with E-state index in [1.165, 1.54) is 7.11 Å². The third-order valence-corrected chi connectivity index (χ3v) is 4.50. The van der Waals surface area contributed by atoms with Crippen molar-refractivity contribution in [2.24, 2.45) is 5.73 Å². The number of carbonyl (C=O) groups is 1. The molecule has 25 heavy (non-hydrogen) atoms. The molecular weight excluding hydrogens is 322 g/mol. The number of pyridine rings is 1. The average Bonchev–Trinajstić information content (AvgIpc) is 3.01. The van der Waals surface area contributed by atoms with Crippen LogP contribution in [0, 0.1) is 0 Å². The van der Waals surface area contributed by atoms with Crippen molar-refractivity contribution >= 4 is 11.6 Å². The van der Waals surface area contributed by atoms with Crippen LogP contribution in [0.2, 0.25) is 0 Å². The highest BCUT2D eigenvalue weighted by molar-refractivity contribution is 6.02. The van der Waals surface area contributed by atoms with Crippen molar-refractivity contribution in [3.63, 3.8) is 0 Å². The van der Waals surface area contributed by atoms with Crippen LogP contribution in [0.5, 0.6) is 5.75 Å². The van der Waals surface area contributed by atoms with E-state index in [0.29, 0.717) is 28.2 Å². The SMILES string of the molecule is COc1cccc(-c2cnc3cc(C4(O)COC4)ccn23)c1C(N)=O. The minimum atomic E-state index is -0.956. The van der Waals surface area contributed by atoms with E-state index in [9.17, 15) is 9.90 Å². The van der Waals surface area contributed by atoms with Crippen molar-refractivity contribution < 1.29 is 19.4 Å². The van der Waals surface area contributed by atoms with Crippen LogP contribution in [0.15, 0.2) is 42.7 Å². The van der Waals surface area contributed by atoms with Crippen molar-refractivity contribution in [2.75, 3.05) is 20.3 Å².